The Kier molecular flexibility index (Phi) is 4.87. The summed E-state index contributed by atoms with van der Waals surface area (Å²) >= 11 is 0. The summed E-state index contributed by atoms with van der Waals surface area (Å²) in [5.74, 6) is -0.00151. The molecule has 4 nitrogen and oxygen atoms in total. The molecule has 0 aromatic heterocycles. The number of rotatable bonds is 5. The molecule has 0 saturated carbocycles. The molecule has 0 bridgehead atoms. The molecule has 0 spiro atoms. The number of carbonyl (C=O) groups excluding carboxylic acids is 1. The molecule has 0 radical (unpaired) electrons. The standard InChI is InChI=1S/C12H15N3O/c1-10(16)14-7-2-8-15-12-5-3-11(9-13)4-6-12/h3-6,15H,2,7-8H2,1H3,(H,14,16). The Bertz CT molecular complexity index is 378. The third kappa shape index (κ3) is 4.47. The van der Waals surface area contributed by atoms with E-state index in [-0.39, 0.29) is 5.91 Å². The van der Waals surface area contributed by atoms with E-state index in [0.717, 1.165) is 18.7 Å². The minimum absolute atomic E-state index is 0.00151. The second-order valence-corrected chi connectivity index (χ2v) is 3.45. The van der Waals surface area contributed by atoms with E-state index in [0.29, 0.717) is 12.1 Å². The third-order valence-corrected chi connectivity index (χ3v) is 2.07. The lowest BCUT2D eigenvalue weighted by molar-refractivity contribution is -0.118. The highest BCUT2D eigenvalue weighted by molar-refractivity contribution is 5.72. The minimum atomic E-state index is -0.00151. The number of hydrogen-bond acceptors (Lipinski definition) is 3. The van der Waals surface area contributed by atoms with Crippen molar-refractivity contribution in [3.8, 4) is 6.07 Å². The minimum Gasteiger partial charge on any atom is -0.385 e. The van der Waals surface area contributed by atoms with Crippen molar-refractivity contribution in [2.24, 2.45) is 0 Å². The summed E-state index contributed by atoms with van der Waals surface area (Å²) < 4.78 is 0. The molecule has 84 valence electrons. The number of nitriles is 1. The fourth-order valence-electron chi connectivity index (χ4n) is 1.25. The molecular weight excluding hydrogens is 202 g/mol. The number of nitrogens with one attached hydrogen (secondary N) is 2. The summed E-state index contributed by atoms with van der Waals surface area (Å²) in [6.07, 6.45) is 0.875. The lowest BCUT2D eigenvalue weighted by atomic mass is 10.2. The van der Waals surface area contributed by atoms with Gasteiger partial charge < -0.3 is 10.6 Å². The van der Waals surface area contributed by atoms with Gasteiger partial charge in [-0.3, -0.25) is 4.79 Å². The first kappa shape index (κ1) is 12.1. The zero-order valence-corrected chi connectivity index (χ0v) is 9.29. The Morgan fingerprint density at radius 1 is 1.31 bits per heavy atom. The molecule has 0 aliphatic heterocycles. The van der Waals surface area contributed by atoms with E-state index in [1.54, 1.807) is 12.1 Å². The fourth-order valence-corrected chi connectivity index (χ4v) is 1.25. The number of benzene rings is 1. The van der Waals surface area contributed by atoms with Crippen molar-refractivity contribution in [2.75, 3.05) is 18.4 Å². The number of carbonyl (C=O) groups is 1. The van der Waals surface area contributed by atoms with Crippen LogP contribution >= 0.6 is 0 Å². The molecule has 16 heavy (non-hydrogen) atoms. The Morgan fingerprint density at radius 3 is 2.56 bits per heavy atom. The van der Waals surface area contributed by atoms with Crippen molar-refractivity contribution in [3.63, 3.8) is 0 Å². The molecule has 1 rings (SSSR count). The van der Waals surface area contributed by atoms with Crippen molar-refractivity contribution in [1.29, 1.82) is 5.26 Å². The Balaban J connectivity index is 2.22. The Morgan fingerprint density at radius 2 is 2.00 bits per heavy atom. The van der Waals surface area contributed by atoms with E-state index in [1.165, 1.54) is 6.92 Å². The van der Waals surface area contributed by atoms with Gasteiger partial charge in [0.25, 0.3) is 0 Å². The molecule has 1 aromatic carbocycles. The van der Waals surface area contributed by atoms with Gasteiger partial charge in [0.1, 0.15) is 0 Å². The molecule has 1 amide bonds. The lowest BCUT2D eigenvalue weighted by Gasteiger charge is -2.06. The molecule has 0 aliphatic rings. The Hall–Kier alpha value is -2.02. The van der Waals surface area contributed by atoms with Crippen molar-refractivity contribution in [3.05, 3.63) is 29.8 Å². The summed E-state index contributed by atoms with van der Waals surface area (Å²) in [6.45, 7) is 2.98. The van der Waals surface area contributed by atoms with E-state index in [4.69, 9.17) is 5.26 Å². The van der Waals surface area contributed by atoms with Crippen LogP contribution in [-0.4, -0.2) is 19.0 Å². The summed E-state index contributed by atoms with van der Waals surface area (Å²) in [4.78, 5) is 10.6. The fraction of sp³-hybridized carbons (Fsp3) is 0.333. The van der Waals surface area contributed by atoms with Crippen LogP contribution in [0.3, 0.4) is 0 Å². The molecule has 0 atom stereocenters. The monoisotopic (exact) mass is 217 g/mol. The van der Waals surface area contributed by atoms with E-state index >= 15 is 0 Å². The summed E-state index contributed by atoms with van der Waals surface area (Å²) in [7, 11) is 0. The second-order valence-electron chi connectivity index (χ2n) is 3.45. The van der Waals surface area contributed by atoms with E-state index in [2.05, 4.69) is 16.7 Å². The molecule has 0 saturated heterocycles. The zero-order valence-electron chi connectivity index (χ0n) is 9.29. The zero-order chi connectivity index (χ0) is 11.8. The first-order valence-corrected chi connectivity index (χ1v) is 5.21. The van der Waals surface area contributed by atoms with Crippen LogP contribution < -0.4 is 10.6 Å². The highest BCUT2D eigenvalue weighted by Gasteiger charge is 1.93. The van der Waals surface area contributed by atoms with Crippen LogP contribution in [0.2, 0.25) is 0 Å². The van der Waals surface area contributed by atoms with Crippen LogP contribution in [0, 0.1) is 11.3 Å². The van der Waals surface area contributed by atoms with Crippen molar-refractivity contribution < 1.29 is 4.79 Å². The molecule has 0 unspecified atom stereocenters. The van der Waals surface area contributed by atoms with Gasteiger partial charge in [0.15, 0.2) is 0 Å². The maximum absolute atomic E-state index is 10.6. The predicted octanol–water partition coefficient (Wildman–Crippen LogP) is 1.50. The van der Waals surface area contributed by atoms with Crippen molar-refractivity contribution >= 4 is 11.6 Å². The number of hydrogen-bond donors (Lipinski definition) is 2. The van der Waals surface area contributed by atoms with Crippen molar-refractivity contribution in [2.45, 2.75) is 13.3 Å². The maximum Gasteiger partial charge on any atom is 0.216 e. The highest BCUT2D eigenvalue weighted by atomic mass is 16.1. The third-order valence-electron chi connectivity index (χ3n) is 2.07. The average Bonchev–Trinajstić information content (AvgIpc) is 2.29. The van der Waals surface area contributed by atoms with E-state index in [1.807, 2.05) is 12.1 Å². The van der Waals surface area contributed by atoms with E-state index in [9.17, 15) is 4.79 Å². The Labute approximate surface area is 95.3 Å². The largest absolute Gasteiger partial charge is 0.385 e. The maximum atomic E-state index is 10.6. The summed E-state index contributed by atoms with van der Waals surface area (Å²) in [6, 6.07) is 9.36. The van der Waals surface area contributed by atoms with Gasteiger partial charge in [0.2, 0.25) is 5.91 Å². The normalized spacial score (nSPS) is 9.25. The molecular formula is C12H15N3O. The van der Waals surface area contributed by atoms with Crippen LogP contribution in [-0.2, 0) is 4.79 Å². The van der Waals surface area contributed by atoms with Crippen LogP contribution in [0.1, 0.15) is 18.9 Å². The molecule has 1 aromatic rings. The summed E-state index contributed by atoms with van der Waals surface area (Å²) in [5, 5.41) is 14.6. The van der Waals surface area contributed by atoms with Gasteiger partial charge >= 0.3 is 0 Å². The predicted molar refractivity (Wildman–Crippen MR) is 62.9 cm³/mol. The SMILES string of the molecule is CC(=O)NCCCNc1ccc(C#N)cc1. The van der Waals surface area contributed by atoms with Crippen molar-refractivity contribution in [1.82, 2.24) is 5.32 Å². The smallest absolute Gasteiger partial charge is 0.216 e. The van der Waals surface area contributed by atoms with Crippen LogP contribution in [0.5, 0.6) is 0 Å². The number of amides is 1. The molecule has 0 heterocycles. The van der Waals surface area contributed by atoms with Gasteiger partial charge in [-0.05, 0) is 30.7 Å². The first-order chi connectivity index (χ1) is 7.72. The number of nitrogens with zero attached hydrogens (tertiary/aromatic N) is 1. The molecule has 4 heteroatoms. The molecule has 2 N–H and O–H groups in total. The summed E-state index contributed by atoms with van der Waals surface area (Å²) in [5.41, 5.74) is 1.64. The van der Waals surface area contributed by atoms with Gasteiger partial charge in [-0.1, -0.05) is 0 Å². The quantitative estimate of drug-likeness (QED) is 0.734. The van der Waals surface area contributed by atoms with Gasteiger partial charge in [0.05, 0.1) is 11.6 Å². The highest BCUT2D eigenvalue weighted by Crippen LogP contribution is 2.08. The second kappa shape index (κ2) is 6.46. The number of anilines is 1. The topological polar surface area (TPSA) is 64.9 Å². The van der Waals surface area contributed by atoms with Crippen LogP contribution in [0.15, 0.2) is 24.3 Å². The lowest BCUT2D eigenvalue weighted by Crippen LogP contribution is -2.22. The van der Waals surface area contributed by atoms with Gasteiger partial charge in [-0.25, -0.2) is 0 Å². The molecule has 0 aliphatic carbocycles. The first-order valence-electron chi connectivity index (χ1n) is 5.21. The average molecular weight is 217 g/mol. The van der Waals surface area contributed by atoms with E-state index < -0.39 is 0 Å². The van der Waals surface area contributed by atoms with Crippen LogP contribution in [0.4, 0.5) is 5.69 Å². The van der Waals surface area contributed by atoms with Crippen LogP contribution in [0.25, 0.3) is 0 Å². The molecule has 0 fully saturated rings. The van der Waals surface area contributed by atoms with Gasteiger partial charge in [-0.2, -0.15) is 5.26 Å². The van der Waals surface area contributed by atoms with Gasteiger partial charge in [0, 0.05) is 25.7 Å². The van der Waals surface area contributed by atoms with Gasteiger partial charge in [-0.15, -0.1) is 0 Å².